The number of likely N-dealkylation sites (N-methyl/N-ethyl adjacent to an activating group) is 1. The molecule has 0 saturated heterocycles. The highest BCUT2D eigenvalue weighted by molar-refractivity contribution is 9.10. The summed E-state index contributed by atoms with van der Waals surface area (Å²) in [5, 5.41) is 12.2. The molecule has 1 atom stereocenters. The van der Waals surface area contributed by atoms with Crippen LogP contribution in [0.2, 0.25) is 0 Å². The van der Waals surface area contributed by atoms with Crippen LogP contribution in [0.25, 0.3) is 0 Å². The van der Waals surface area contributed by atoms with E-state index in [1.807, 2.05) is 24.3 Å². The van der Waals surface area contributed by atoms with Gasteiger partial charge < -0.3 is 14.8 Å². The first kappa shape index (κ1) is 14.5. The minimum atomic E-state index is -1.16. The van der Waals surface area contributed by atoms with Gasteiger partial charge in [0.25, 0.3) is 5.91 Å². The number of carboxylic acids is 1. The molecule has 20 heavy (non-hydrogen) atoms. The van der Waals surface area contributed by atoms with Gasteiger partial charge in [-0.15, -0.1) is 0 Å². The molecule has 2 rings (SSSR count). The fourth-order valence-electron chi connectivity index (χ4n) is 1.87. The number of aliphatic carboxylic acids is 1. The number of amides is 1. The molecular weight excluding hydrogens is 328 g/mol. The van der Waals surface area contributed by atoms with Gasteiger partial charge >= 0.3 is 5.97 Å². The molecule has 1 aromatic rings. The lowest BCUT2D eigenvalue weighted by atomic mass is 10.1. The highest BCUT2D eigenvalue weighted by Gasteiger charge is 2.33. The maximum atomic E-state index is 12.1. The second-order valence-electron chi connectivity index (χ2n) is 4.47. The smallest absolute Gasteiger partial charge is 0.353 e. The van der Waals surface area contributed by atoms with Crippen LogP contribution in [0, 0.1) is 0 Å². The van der Waals surface area contributed by atoms with Crippen LogP contribution >= 0.6 is 15.9 Å². The van der Waals surface area contributed by atoms with E-state index < -0.39 is 12.1 Å². The normalized spacial score (nSPS) is 17.3. The third kappa shape index (κ3) is 3.36. The fourth-order valence-corrected chi connectivity index (χ4v) is 2.32. The van der Waals surface area contributed by atoms with Crippen molar-refractivity contribution in [2.24, 2.45) is 5.16 Å². The molecule has 1 amide bonds. The van der Waals surface area contributed by atoms with E-state index >= 15 is 0 Å². The summed E-state index contributed by atoms with van der Waals surface area (Å²) >= 11 is 3.37. The van der Waals surface area contributed by atoms with Crippen molar-refractivity contribution in [1.29, 1.82) is 0 Å². The minimum Gasteiger partial charge on any atom is -0.477 e. The van der Waals surface area contributed by atoms with E-state index in [0.717, 1.165) is 10.0 Å². The predicted octanol–water partition coefficient (Wildman–Crippen LogP) is 1.64. The summed E-state index contributed by atoms with van der Waals surface area (Å²) in [6.45, 7) is 0.417. The Morgan fingerprint density at radius 3 is 2.90 bits per heavy atom. The highest BCUT2D eigenvalue weighted by Crippen LogP contribution is 2.16. The number of benzene rings is 1. The van der Waals surface area contributed by atoms with Crippen LogP contribution in [0.1, 0.15) is 12.0 Å². The van der Waals surface area contributed by atoms with Crippen LogP contribution in [0.4, 0.5) is 0 Å². The number of rotatable bonds is 4. The van der Waals surface area contributed by atoms with Gasteiger partial charge in [-0.1, -0.05) is 33.2 Å². The zero-order valence-corrected chi connectivity index (χ0v) is 12.3. The van der Waals surface area contributed by atoms with Gasteiger partial charge in [0.15, 0.2) is 5.71 Å². The molecule has 1 aliphatic heterocycles. The predicted molar refractivity (Wildman–Crippen MR) is 75.2 cm³/mol. The first-order valence-corrected chi connectivity index (χ1v) is 6.72. The zero-order valence-electron chi connectivity index (χ0n) is 10.7. The number of carboxylic acid groups (broad SMARTS) is 1. The second-order valence-corrected chi connectivity index (χ2v) is 5.38. The summed E-state index contributed by atoms with van der Waals surface area (Å²) < 4.78 is 0.935. The molecule has 0 aliphatic carbocycles. The van der Waals surface area contributed by atoms with Crippen molar-refractivity contribution in [3.63, 3.8) is 0 Å². The molecule has 106 valence electrons. The molecule has 1 aliphatic rings. The van der Waals surface area contributed by atoms with E-state index in [1.165, 1.54) is 4.90 Å². The molecule has 0 saturated carbocycles. The molecule has 1 aromatic carbocycles. The lowest BCUT2D eigenvalue weighted by Gasteiger charge is -2.19. The lowest BCUT2D eigenvalue weighted by Crippen LogP contribution is -2.36. The summed E-state index contributed by atoms with van der Waals surface area (Å²) in [4.78, 5) is 29.2. The first-order valence-electron chi connectivity index (χ1n) is 5.93. The largest absolute Gasteiger partial charge is 0.477 e. The third-order valence-corrected chi connectivity index (χ3v) is 3.37. The number of nitrogens with zero attached hydrogens (tertiary/aromatic N) is 2. The zero-order chi connectivity index (χ0) is 14.7. The third-order valence-electron chi connectivity index (χ3n) is 2.88. The highest BCUT2D eigenvalue weighted by atomic mass is 79.9. The molecule has 0 spiro atoms. The SMILES string of the molecule is CN(Cc1cccc(Br)c1)C(=O)C1CC(C(=O)O)=NO1. The molecule has 1 heterocycles. The quantitative estimate of drug-likeness (QED) is 0.903. The molecular formula is C13H13BrN2O4. The van der Waals surface area contributed by atoms with Crippen LogP contribution in [0.15, 0.2) is 33.9 Å². The van der Waals surface area contributed by atoms with Gasteiger partial charge in [-0.3, -0.25) is 4.79 Å². The Bertz CT molecular complexity index is 573. The Morgan fingerprint density at radius 2 is 2.30 bits per heavy atom. The van der Waals surface area contributed by atoms with Crippen molar-refractivity contribution in [3.8, 4) is 0 Å². The summed E-state index contributed by atoms with van der Waals surface area (Å²) in [6.07, 6.45) is -0.852. The average Bonchev–Trinajstić information content (AvgIpc) is 2.87. The van der Waals surface area contributed by atoms with Gasteiger partial charge in [-0.05, 0) is 17.7 Å². The van der Waals surface area contributed by atoms with Crippen LogP contribution in [-0.2, 0) is 21.0 Å². The monoisotopic (exact) mass is 340 g/mol. The number of halogens is 1. The summed E-state index contributed by atoms with van der Waals surface area (Å²) in [5.41, 5.74) is 0.840. The Morgan fingerprint density at radius 1 is 1.55 bits per heavy atom. The van der Waals surface area contributed by atoms with Crippen molar-refractivity contribution < 1.29 is 19.5 Å². The van der Waals surface area contributed by atoms with Gasteiger partial charge in [0, 0.05) is 24.5 Å². The van der Waals surface area contributed by atoms with Crippen molar-refractivity contribution in [2.75, 3.05) is 7.05 Å². The van der Waals surface area contributed by atoms with Crippen LogP contribution < -0.4 is 0 Å². The summed E-state index contributed by atoms with van der Waals surface area (Å²) in [7, 11) is 1.64. The number of carbonyl (C=O) groups is 2. The van der Waals surface area contributed by atoms with Crippen molar-refractivity contribution in [3.05, 3.63) is 34.3 Å². The summed E-state index contributed by atoms with van der Waals surface area (Å²) in [5.74, 6) is -1.44. The van der Waals surface area contributed by atoms with E-state index in [1.54, 1.807) is 7.05 Å². The summed E-state index contributed by atoms with van der Waals surface area (Å²) in [6, 6.07) is 7.61. The first-order chi connectivity index (χ1) is 9.47. The Balaban J connectivity index is 1.95. The Hall–Kier alpha value is -1.89. The molecule has 0 aromatic heterocycles. The van der Waals surface area contributed by atoms with Crippen molar-refractivity contribution in [2.45, 2.75) is 19.1 Å². The van der Waals surface area contributed by atoms with Crippen LogP contribution in [0.5, 0.6) is 0 Å². The number of oxime groups is 1. The Labute approximate surface area is 124 Å². The number of carbonyl (C=O) groups excluding carboxylic acids is 1. The van der Waals surface area contributed by atoms with E-state index in [2.05, 4.69) is 21.1 Å². The van der Waals surface area contributed by atoms with Crippen LogP contribution in [-0.4, -0.2) is 40.7 Å². The van der Waals surface area contributed by atoms with Crippen molar-refractivity contribution >= 4 is 33.5 Å². The number of hydrogen-bond acceptors (Lipinski definition) is 4. The molecule has 0 bridgehead atoms. The Kier molecular flexibility index (Phi) is 4.39. The van der Waals surface area contributed by atoms with Crippen LogP contribution in [0.3, 0.4) is 0 Å². The van der Waals surface area contributed by atoms with Gasteiger partial charge in [-0.25, -0.2) is 4.79 Å². The number of hydrogen-bond donors (Lipinski definition) is 1. The topological polar surface area (TPSA) is 79.2 Å². The van der Waals surface area contributed by atoms with Crippen molar-refractivity contribution in [1.82, 2.24) is 4.90 Å². The lowest BCUT2D eigenvalue weighted by molar-refractivity contribution is -0.141. The molecule has 0 fully saturated rings. The van der Waals surface area contributed by atoms with Gasteiger partial charge in [-0.2, -0.15) is 0 Å². The molecule has 6 nitrogen and oxygen atoms in total. The van der Waals surface area contributed by atoms with Gasteiger partial charge in [0.1, 0.15) is 0 Å². The maximum Gasteiger partial charge on any atom is 0.353 e. The van der Waals surface area contributed by atoms with E-state index in [4.69, 9.17) is 9.94 Å². The van der Waals surface area contributed by atoms with E-state index in [9.17, 15) is 9.59 Å². The van der Waals surface area contributed by atoms with E-state index in [0.29, 0.717) is 6.54 Å². The van der Waals surface area contributed by atoms with E-state index in [-0.39, 0.29) is 18.0 Å². The van der Waals surface area contributed by atoms with Gasteiger partial charge in [0.05, 0.1) is 0 Å². The molecule has 1 N–H and O–H groups in total. The molecule has 7 heteroatoms. The fraction of sp³-hybridized carbons (Fsp3) is 0.308. The maximum absolute atomic E-state index is 12.1. The molecule has 1 unspecified atom stereocenters. The van der Waals surface area contributed by atoms with Gasteiger partial charge in [0.2, 0.25) is 6.10 Å². The average molecular weight is 341 g/mol. The standard InChI is InChI=1S/C13H13BrN2O4/c1-16(7-8-3-2-4-9(14)5-8)12(17)11-6-10(13(18)19)15-20-11/h2-5,11H,6-7H2,1H3,(H,18,19). The molecule has 0 radical (unpaired) electrons. The second kappa shape index (κ2) is 6.04. The minimum absolute atomic E-state index is 0.00299.